The number of nitrogens with zero attached hydrogens (tertiary/aromatic N) is 2. The minimum atomic E-state index is -3.62. The van der Waals surface area contributed by atoms with Crippen LogP contribution >= 0.6 is 27.3 Å². The molecule has 1 aromatic heterocycles. The van der Waals surface area contributed by atoms with Crippen molar-refractivity contribution in [2.45, 2.75) is 37.1 Å². The lowest BCUT2D eigenvalue weighted by Crippen LogP contribution is -2.26. The van der Waals surface area contributed by atoms with Crippen molar-refractivity contribution in [3.05, 3.63) is 33.2 Å². The Balaban J connectivity index is 1.83. The van der Waals surface area contributed by atoms with Gasteiger partial charge in [0, 0.05) is 10.5 Å². The number of amides is 1. The summed E-state index contributed by atoms with van der Waals surface area (Å²) in [6.45, 7) is 1.95. The van der Waals surface area contributed by atoms with Gasteiger partial charge in [-0.15, -0.1) is 10.2 Å². The number of hydrogen-bond acceptors (Lipinski definition) is 6. The number of halogens is 1. The second-order valence-corrected chi connectivity index (χ2v) is 8.98. The van der Waals surface area contributed by atoms with Crippen LogP contribution < -0.4 is 10.0 Å². The molecule has 0 aliphatic heterocycles. The molecule has 1 aromatic carbocycles. The van der Waals surface area contributed by atoms with E-state index in [4.69, 9.17) is 0 Å². The molecule has 3 rings (SSSR count). The highest BCUT2D eigenvalue weighted by Gasteiger charge is 2.28. The van der Waals surface area contributed by atoms with E-state index in [0.717, 1.165) is 24.3 Å². The summed E-state index contributed by atoms with van der Waals surface area (Å²) in [4.78, 5) is 12.5. The lowest BCUT2D eigenvalue weighted by atomic mass is 10.2. The predicted molar refractivity (Wildman–Crippen MR) is 94.7 cm³/mol. The summed E-state index contributed by atoms with van der Waals surface area (Å²) >= 11 is 4.57. The molecule has 2 aromatic rings. The fourth-order valence-electron chi connectivity index (χ4n) is 1.95. The van der Waals surface area contributed by atoms with Gasteiger partial charge in [-0.25, -0.2) is 13.1 Å². The van der Waals surface area contributed by atoms with Gasteiger partial charge in [0.15, 0.2) is 0 Å². The second-order valence-electron chi connectivity index (χ2n) is 5.35. The molecule has 2 N–H and O–H groups in total. The maximum Gasteiger partial charge on any atom is 0.258 e. The van der Waals surface area contributed by atoms with Crippen molar-refractivity contribution < 1.29 is 13.2 Å². The Labute approximate surface area is 152 Å². The third kappa shape index (κ3) is 4.00. The lowest BCUT2D eigenvalue weighted by molar-refractivity contribution is 0.102. The molecule has 1 saturated carbocycles. The van der Waals surface area contributed by atoms with E-state index in [1.54, 1.807) is 6.07 Å². The van der Waals surface area contributed by atoms with Crippen LogP contribution in [0.3, 0.4) is 0 Å². The van der Waals surface area contributed by atoms with E-state index in [0.29, 0.717) is 9.60 Å². The minimum Gasteiger partial charge on any atom is -0.296 e. The van der Waals surface area contributed by atoms with Gasteiger partial charge in [0.2, 0.25) is 15.2 Å². The number of aromatic nitrogens is 2. The molecule has 1 amide bonds. The van der Waals surface area contributed by atoms with Gasteiger partial charge in [0.25, 0.3) is 5.91 Å². The lowest BCUT2D eigenvalue weighted by Gasteiger charge is -2.09. The standard InChI is InChI=1S/C14H15BrN4O3S2/c1-2-12-17-18-14(23-12)16-13(20)10-7-9(5-6-11(10)15)24(21,22)19-8-3-4-8/h5-8,19H,2-4H2,1H3,(H,16,18,20). The molecule has 0 spiro atoms. The fourth-order valence-corrected chi connectivity index (χ4v) is 4.38. The molecule has 0 radical (unpaired) electrons. The SMILES string of the molecule is CCc1nnc(NC(=O)c2cc(S(=O)(=O)NC3CC3)ccc2Br)s1. The van der Waals surface area contributed by atoms with Gasteiger partial charge in [0.1, 0.15) is 5.01 Å². The Hall–Kier alpha value is -1.36. The molecule has 1 aliphatic carbocycles. The molecule has 128 valence electrons. The number of nitrogens with one attached hydrogen (secondary N) is 2. The second kappa shape index (κ2) is 6.87. The molecule has 1 aliphatic rings. The number of hydrogen-bond donors (Lipinski definition) is 2. The Morgan fingerprint density at radius 1 is 1.38 bits per heavy atom. The van der Waals surface area contributed by atoms with Gasteiger partial charge < -0.3 is 0 Å². The Morgan fingerprint density at radius 3 is 2.75 bits per heavy atom. The van der Waals surface area contributed by atoms with Crippen LogP contribution in [0.2, 0.25) is 0 Å². The van der Waals surface area contributed by atoms with Gasteiger partial charge in [-0.1, -0.05) is 18.3 Å². The monoisotopic (exact) mass is 430 g/mol. The van der Waals surface area contributed by atoms with Crippen LogP contribution in [0.25, 0.3) is 0 Å². The van der Waals surface area contributed by atoms with E-state index < -0.39 is 15.9 Å². The van der Waals surface area contributed by atoms with Gasteiger partial charge in [-0.3, -0.25) is 10.1 Å². The van der Waals surface area contributed by atoms with Crippen LogP contribution in [-0.4, -0.2) is 30.6 Å². The summed E-state index contributed by atoms with van der Waals surface area (Å²) in [5.74, 6) is -0.441. The molecular formula is C14H15BrN4O3S2. The number of carbonyl (C=O) groups is 1. The summed E-state index contributed by atoms with van der Waals surface area (Å²) in [5, 5.41) is 11.7. The van der Waals surface area contributed by atoms with Crippen molar-refractivity contribution in [1.82, 2.24) is 14.9 Å². The molecule has 1 heterocycles. The van der Waals surface area contributed by atoms with Gasteiger partial charge >= 0.3 is 0 Å². The predicted octanol–water partition coefficient (Wildman–Crippen LogP) is 2.56. The smallest absolute Gasteiger partial charge is 0.258 e. The molecule has 10 heteroatoms. The number of aryl methyl sites for hydroxylation is 1. The third-order valence-corrected chi connectivity index (χ3v) is 6.57. The van der Waals surface area contributed by atoms with Crippen molar-refractivity contribution in [1.29, 1.82) is 0 Å². The zero-order valence-corrected chi connectivity index (χ0v) is 16.0. The van der Waals surface area contributed by atoms with E-state index in [1.807, 2.05) is 6.92 Å². The highest BCUT2D eigenvalue weighted by atomic mass is 79.9. The van der Waals surface area contributed by atoms with Crippen LogP contribution in [0.15, 0.2) is 27.6 Å². The van der Waals surface area contributed by atoms with Crippen molar-refractivity contribution in [2.24, 2.45) is 0 Å². The molecule has 0 saturated heterocycles. The number of rotatable bonds is 6. The summed E-state index contributed by atoms with van der Waals surface area (Å²) in [6, 6.07) is 4.37. The van der Waals surface area contributed by atoms with Gasteiger partial charge in [-0.05, 0) is 53.4 Å². The number of sulfonamides is 1. The van der Waals surface area contributed by atoms with Crippen molar-refractivity contribution in [3.8, 4) is 0 Å². The third-order valence-electron chi connectivity index (χ3n) is 3.38. The zero-order valence-electron chi connectivity index (χ0n) is 12.7. The quantitative estimate of drug-likeness (QED) is 0.732. The van der Waals surface area contributed by atoms with Gasteiger partial charge in [-0.2, -0.15) is 0 Å². The Kier molecular flexibility index (Phi) is 5.00. The summed E-state index contributed by atoms with van der Waals surface area (Å²) in [6.07, 6.45) is 2.43. The fraction of sp³-hybridized carbons (Fsp3) is 0.357. The summed E-state index contributed by atoms with van der Waals surface area (Å²) in [7, 11) is -3.62. The number of benzene rings is 1. The van der Waals surface area contributed by atoms with Crippen LogP contribution in [0, 0.1) is 0 Å². The van der Waals surface area contributed by atoms with E-state index in [2.05, 4.69) is 36.2 Å². The van der Waals surface area contributed by atoms with E-state index >= 15 is 0 Å². The maximum absolute atomic E-state index is 12.4. The highest BCUT2D eigenvalue weighted by molar-refractivity contribution is 9.10. The molecule has 0 bridgehead atoms. The average molecular weight is 431 g/mol. The summed E-state index contributed by atoms with van der Waals surface area (Å²) in [5.41, 5.74) is 0.224. The Morgan fingerprint density at radius 2 is 2.12 bits per heavy atom. The Bertz CT molecular complexity index is 878. The van der Waals surface area contributed by atoms with E-state index in [-0.39, 0.29) is 16.5 Å². The number of carbonyl (C=O) groups excluding carboxylic acids is 1. The molecule has 24 heavy (non-hydrogen) atoms. The normalized spacial score (nSPS) is 14.6. The van der Waals surface area contributed by atoms with Crippen LogP contribution in [0.1, 0.15) is 35.1 Å². The molecule has 7 nitrogen and oxygen atoms in total. The van der Waals surface area contributed by atoms with Crippen molar-refractivity contribution >= 4 is 48.3 Å². The zero-order chi connectivity index (χ0) is 17.3. The summed E-state index contributed by atoms with van der Waals surface area (Å²) < 4.78 is 27.7. The molecular weight excluding hydrogens is 416 g/mol. The van der Waals surface area contributed by atoms with Crippen LogP contribution in [-0.2, 0) is 16.4 Å². The van der Waals surface area contributed by atoms with Gasteiger partial charge in [0.05, 0.1) is 10.5 Å². The molecule has 1 fully saturated rings. The highest BCUT2D eigenvalue weighted by Crippen LogP contribution is 2.26. The first-order chi connectivity index (χ1) is 11.4. The topological polar surface area (TPSA) is 101 Å². The van der Waals surface area contributed by atoms with Crippen LogP contribution in [0.4, 0.5) is 5.13 Å². The number of anilines is 1. The minimum absolute atomic E-state index is 0.00443. The average Bonchev–Trinajstić information content (AvgIpc) is 3.22. The maximum atomic E-state index is 12.4. The first-order valence-electron chi connectivity index (χ1n) is 7.34. The van der Waals surface area contributed by atoms with Crippen LogP contribution in [0.5, 0.6) is 0 Å². The largest absolute Gasteiger partial charge is 0.296 e. The first-order valence-corrected chi connectivity index (χ1v) is 10.4. The molecule has 0 unspecified atom stereocenters. The van der Waals surface area contributed by atoms with Crippen molar-refractivity contribution in [3.63, 3.8) is 0 Å². The first kappa shape index (κ1) is 17.5. The van der Waals surface area contributed by atoms with Crippen molar-refractivity contribution in [2.75, 3.05) is 5.32 Å². The molecule has 0 atom stereocenters. The van der Waals surface area contributed by atoms with E-state index in [9.17, 15) is 13.2 Å². The van der Waals surface area contributed by atoms with E-state index in [1.165, 1.54) is 23.5 Å².